The van der Waals surface area contributed by atoms with Crippen LogP contribution in [0.1, 0.15) is 32.8 Å². The fraction of sp³-hybridized carbons (Fsp3) is 0.600. The van der Waals surface area contributed by atoms with Gasteiger partial charge >= 0.3 is 12.1 Å². The summed E-state index contributed by atoms with van der Waals surface area (Å²) in [5.74, 6) is -2.00. The molecule has 0 aromatic heterocycles. The first-order chi connectivity index (χ1) is 13.8. The third kappa shape index (κ3) is 8.12. The summed E-state index contributed by atoms with van der Waals surface area (Å²) in [5.41, 5.74) is 0.248. The molecule has 8 nitrogen and oxygen atoms in total. The maximum Gasteiger partial charge on any atom is 0.410 e. The maximum absolute atomic E-state index is 12.8. The number of carbonyl (C=O) groups excluding carboxylic acids is 1. The summed E-state index contributed by atoms with van der Waals surface area (Å²) in [7, 11) is -3.64. The highest BCUT2D eigenvalue weighted by Gasteiger charge is 2.36. The number of amides is 1. The van der Waals surface area contributed by atoms with Crippen LogP contribution in [0.15, 0.2) is 24.3 Å². The van der Waals surface area contributed by atoms with E-state index in [1.165, 1.54) is 4.90 Å². The molecule has 0 spiro atoms. The topological polar surface area (TPSA) is 110 Å². The first kappa shape index (κ1) is 24.4. The monoisotopic (exact) mass is 461 g/mol. The number of halogens is 1. The van der Waals surface area contributed by atoms with Crippen molar-refractivity contribution in [2.45, 2.75) is 51.4 Å². The number of sulfone groups is 1. The van der Waals surface area contributed by atoms with Crippen molar-refractivity contribution in [2.75, 3.05) is 24.7 Å². The number of carbonyl (C=O) groups is 2. The van der Waals surface area contributed by atoms with Gasteiger partial charge in [0.15, 0.2) is 9.84 Å². The molecule has 10 heteroatoms. The average molecular weight is 462 g/mol. The highest BCUT2D eigenvalue weighted by Crippen LogP contribution is 2.22. The van der Waals surface area contributed by atoms with E-state index in [1.54, 1.807) is 32.9 Å². The van der Waals surface area contributed by atoms with E-state index in [4.69, 9.17) is 26.2 Å². The van der Waals surface area contributed by atoms with E-state index >= 15 is 0 Å². The lowest BCUT2D eigenvalue weighted by atomic mass is 10.0. The van der Waals surface area contributed by atoms with Crippen LogP contribution in [-0.2, 0) is 30.5 Å². The standard InChI is InChI=1S/C20H28ClNO7S/c1-20(2,3)29-19(25)22-11-17(13-30(26,27)9-8-18(23)24)28-12-16(22)10-14-4-6-15(21)7-5-14/h4-7,16-17H,8-13H2,1-3H3,(H,23,24)/t16-,17+/m0/s1. The van der Waals surface area contributed by atoms with Crippen molar-refractivity contribution in [1.82, 2.24) is 4.90 Å². The summed E-state index contributed by atoms with van der Waals surface area (Å²) in [5, 5.41) is 9.33. The van der Waals surface area contributed by atoms with Gasteiger partial charge in [-0.15, -0.1) is 0 Å². The van der Waals surface area contributed by atoms with Gasteiger partial charge in [0.05, 0.1) is 43.2 Å². The second-order valence-corrected chi connectivity index (χ2v) is 11.0. The minimum Gasteiger partial charge on any atom is -0.481 e. The first-order valence-electron chi connectivity index (χ1n) is 9.62. The van der Waals surface area contributed by atoms with Crippen molar-refractivity contribution in [3.05, 3.63) is 34.9 Å². The highest BCUT2D eigenvalue weighted by molar-refractivity contribution is 7.91. The normalized spacial score (nSPS) is 20.1. The van der Waals surface area contributed by atoms with E-state index in [2.05, 4.69) is 0 Å². The Labute approximate surface area is 182 Å². The van der Waals surface area contributed by atoms with E-state index < -0.39 is 45.8 Å². The minimum absolute atomic E-state index is 0.0411. The number of ether oxygens (including phenoxy) is 2. The van der Waals surface area contributed by atoms with Crippen molar-refractivity contribution >= 4 is 33.5 Å². The number of carboxylic acid groups (broad SMARTS) is 1. The zero-order valence-corrected chi connectivity index (χ0v) is 18.9. The molecule has 1 aliphatic rings. The summed E-state index contributed by atoms with van der Waals surface area (Å²) in [6.07, 6.45) is -1.27. The van der Waals surface area contributed by atoms with Crippen LogP contribution in [-0.4, -0.2) is 72.9 Å². The van der Waals surface area contributed by atoms with Crippen molar-refractivity contribution in [2.24, 2.45) is 0 Å². The fourth-order valence-electron chi connectivity index (χ4n) is 3.07. The molecule has 1 saturated heterocycles. The van der Waals surface area contributed by atoms with E-state index in [1.807, 2.05) is 12.1 Å². The van der Waals surface area contributed by atoms with Crippen LogP contribution < -0.4 is 0 Å². The van der Waals surface area contributed by atoms with Gasteiger partial charge in [-0.25, -0.2) is 13.2 Å². The Morgan fingerprint density at radius 2 is 1.90 bits per heavy atom. The Morgan fingerprint density at radius 1 is 1.27 bits per heavy atom. The van der Waals surface area contributed by atoms with Crippen molar-refractivity contribution in [1.29, 1.82) is 0 Å². The Morgan fingerprint density at radius 3 is 2.47 bits per heavy atom. The molecule has 0 radical (unpaired) electrons. The lowest BCUT2D eigenvalue weighted by molar-refractivity contribution is -0.136. The van der Waals surface area contributed by atoms with Crippen LogP contribution in [0.5, 0.6) is 0 Å². The molecule has 1 fully saturated rings. The predicted molar refractivity (Wildman–Crippen MR) is 113 cm³/mol. The number of hydrogen-bond donors (Lipinski definition) is 1. The molecule has 1 aliphatic heterocycles. The zero-order valence-electron chi connectivity index (χ0n) is 17.3. The summed E-state index contributed by atoms with van der Waals surface area (Å²) in [4.78, 5) is 25.0. The molecule has 0 aliphatic carbocycles. The number of aliphatic carboxylic acids is 1. The van der Waals surface area contributed by atoms with Gasteiger partial charge in [0.2, 0.25) is 0 Å². The van der Waals surface area contributed by atoms with Gasteiger partial charge in [-0.05, 0) is 44.9 Å². The van der Waals surface area contributed by atoms with Crippen molar-refractivity contribution in [3.8, 4) is 0 Å². The Kier molecular flexibility index (Phi) is 8.13. The van der Waals surface area contributed by atoms with Gasteiger partial charge < -0.3 is 14.6 Å². The number of carboxylic acids is 1. The summed E-state index contributed by atoms with van der Waals surface area (Å²) >= 11 is 5.93. The van der Waals surface area contributed by atoms with Gasteiger partial charge in [0, 0.05) is 5.02 Å². The maximum atomic E-state index is 12.8. The molecule has 1 heterocycles. The van der Waals surface area contributed by atoms with Crippen molar-refractivity contribution < 1.29 is 32.6 Å². The molecule has 168 valence electrons. The summed E-state index contributed by atoms with van der Waals surface area (Å²) in [6.45, 7) is 5.45. The SMILES string of the molecule is CC(C)(C)OC(=O)N1C[C@H](CS(=O)(=O)CCC(=O)O)OC[C@@H]1Cc1ccc(Cl)cc1. The van der Waals surface area contributed by atoms with E-state index in [-0.39, 0.29) is 24.9 Å². The van der Waals surface area contributed by atoms with Crippen LogP contribution in [0.2, 0.25) is 5.02 Å². The first-order valence-corrected chi connectivity index (χ1v) is 11.8. The van der Waals surface area contributed by atoms with Crippen LogP contribution in [0, 0.1) is 0 Å². The van der Waals surface area contributed by atoms with Crippen LogP contribution in [0.4, 0.5) is 4.79 Å². The van der Waals surface area contributed by atoms with Crippen LogP contribution >= 0.6 is 11.6 Å². The van der Waals surface area contributed by atoms with E-state index in [9.17, 15) is 18.0 Å². The molecular weight excluding hydrogens is 434 g/mol. The second-order valence-electron chi connectivity index (χ2n) is 8.33. The average Bonchev–Trinajstić information content (AvgIpc) is 2.61. The smallest absolute Gasteiger partial charge is 0.410 e. The molecule has 1 amide bonds. The highest BCUT2D eigenvalue weighted by atomic mass is 35.5. The van der Waals surface area contributed by atoms with Gasteiger partial charge in [-0.3, -0.25) is 9.69 Å². The summed E-state index contributed by atoms with van der Waals surface area (Å²) < 4.78 is 35.7. The van der Waals surface area contributed by atoms with Gasteiger partial charge in [0.25, 0.3) is 0 Å². The van der Waals surface area contributed by atoms with E-state index in [0.29, 0.717) is 11.4 Å². The molecule has 0 bridgehead atoms. The van der Waals surface area contributed by atoms with Crippen LogP contribution in [0.3, 0.4) is 0 Å². The quantitative estimate of drug-likeness (QED) is 0.664. The molecule has 0 saturated carbocycles. The molecular formula is C20H28ClNO7S. The number of morpholine rings is 1. The molecule has 0 unspecified atom stereocenters. The Bertz CT molecular complexity index is 849. The minimum atomic E-state index is -3.64. The molecule has 2 rings (SSSR count). The van der Waals surface area contributed by atoms with Gasteiger partial charge in [-0.2, -0.15) is 0 Å². The molecule has 1 N–H and O–H groups in total. The third-order valence-corrected chi connectivity index (χ3v) is 6.40. The fourth-order valence-corrected chi connectivity index (χ4v) is 4.62. The van der Waals surface area contributed by atoms with E-state index in [0.717, 1.165) is 5.56 Å². The van der Waals surface area contributed by atoms with Gasteiger partial charge in [0.1, 0.15) is 5.60 Å². The molecule has 1 aromatic rings. The van der Waals surface area contributed by atoms with Crippen LogP contribution in [0.25, 0.3) is 0 Å². The second kappa shape index (κ2) is 9.98. The largest absolute Gasteiger partial charge is 0.481 e. The Hall–Kier alpha value is -1.84. The Balaban J connectivity index is 2.12. The summed E-state index contributed by atoms with van der Waals surface area (Å²) in [6, 6.07) is 6.90. The number of rotatable bonds is 7. The number of hydrogen-bond acceptors (Lipinski definition) is 6. The van der Waals surface area contributed by atoms with Crippen molar-refractivity contribution in [3.63, 3.8) is 0 Å². The van der Waals surface area contributed by atoms with Gasteiger partial charge in [-0.1, -0.05) is 23.7 Å². The molecule has 30 heavy (non-hydrogen) atoms. The number of benzene rings is 1. The number of nitrogens with zero attached hydrogens (tertiary/aromatic N) is 1. The predicted octanol–water partition coefficient (Wildman–Crippen LogP) is 2.78. The lowest BCUT2D eigenvalue weighted by Gasteiger charge is -2.40. The lowest BCUT2D eigenvalue weighted by Crippen LogP contribution is -2.55. The molecule has 1 aromatic carbocycles. The molecule has 2 atom stereocenters. The third-order valence-electron chi connectivity index (χ3n) is 4.44. The zero-order chi connectivity index (χ0) is 22.5.